The average molecular weight is 428 g/mol. The van der Waals surface area contributed by atoms with E-state index in [2.05, 4.69) is 10.5 Å². The van der Waals surface area contributed by atoms with Gasteiger partial charge in [-0.15, -0.1) is 11.3 Å². The van der Waals surface area contributed by atoms with E-state index in [1.807, 2.05) is 0 Å². The van der Waals surface area contributed by atoms with Gasteiger partial charge in [-0.05, 0) is 59.5 Å². The fraction of sp³-hybridized carbons (Fsp3) is 0.0952. The number of methoxy groups -OCH3 is 1. The van der Waals surface area contributed by atoms with Crippen LogP contribution in [0.4, 0.5) is 4.39 Å². The van der Waals surface area contributed by atoms with E-state index in [-0.39, 0.29) is 18.2 Å². The number of benzene rings is 2. The van der Waals surface area contributed by atoms with Gasteiger partial charge in [0.25, 0.3) is 5.91 Å². The summed E-state index contributed by atoms with van der Waals surface area (Å²) in [6.07, 6.45) is 1.41. The van der Waals surface area contributed by atoms with Crippen LogP contribution in [0.25, 0.3) is 0 Å². The molecule has 1 N–H and O–H groups in total. The molecule has 1 heterocycles. The molecule has 1 amide bonds. The second kappa shape index (κ2) is 10.2. The Morgan fingerprint density at radius 2 is 1.93 bits per heavy atom. The van der Waals surface area contributed by atoms with Crippen molar-refractivity contribution >= 4 is 29.4 Å². The molecule has 0 aliphatic rings. The van der Waals surface area contributed by atoms with Crippen LogP contribution in [0, 0.1) is 5.82 Å². The molecule has 0 aliphatic heterocycles. The third-order valence-electron chi connectivity index (χ3n) is 3.70. The molecular weight excluding hydrogens is 411 g/mol. The summed E-state index contributed by atoms with van der Waals surface area (Å²) >= 11 is 1.28. The number of thiophene rings is 1. The van der Waals surface area contributed by atoms with E-state index >= 15 is 0 Å². The van der Waals surface area contributed by atoms with Crippen LogP contribution in [-0.2, 0) is 4.79 Å². The van der Waals surface area contributed by atoms with Gasteiger partial charge in [-0.3, -0.25) is 4.79 Å². The number of nitrogens with zero attached hydrogens (tertiary/aromatic N) is 1. The van der Waals surface area contributed by atoms with Crippen LogP contribution in [0.5, 0.6) is 17.2 Å². The molecule has 0 radical (unpaired) electrons. The van der Waals surface area contributed by atoms with Crippen molar-refractivity contribution in [2.45, 2.75) is 0 Å². The summed E-state index contributed by atoms with van der Waals surface area (Å²) < 4.78 is 28.7. The first kappa shape index (κ1) is 21.0. The van der Waals surface area contributed by atoms with Crippen molar-refractivity contribution in [3.05, 3.63) is 76.2 Å². The van der Waals surface area contributed by atoms with Gasteiger partial charge in [0, 0.05) is 0 Å². The van der Waals surface area contributed by atoms with Crippen LogP contribution >= 0.6 is 11.3 Å². The molecule has 0 aliphatic carbocycles. The maximum absolute atomic E-state index is 12.8. The molecule has 0 spiro atoms. The lowest BCUT2D eigenvalue weighted by Gasteiger charge is -2.09. The molecule has 0 bridgehead atoms. The smallest absolute Gasteiger partial charge is 0.353 e. The minimum Gasteiger partial charge on any atom is -0.493 e. The van der Waals surface area contributed by atoms with Crippen molar-refractivity contribution in [3.63, 3.8) is 0 Å². The predicted octanol–water partition coefficient (Wildman–Crippen LogP) is 3.64. The first-order valence-electron chi connectivity index (χ1n) is 8.69. The molecule has 2 aromatic carbocycles. The number of rotatable bonds is 8. The monoisotopic (exact) mass is 428 g/mol. The molecule has 0 unspecified atom stereocenters. The zero-order valence-corrected chi connectivity index (χ0v) is 16.6. The summed E-state index contributed by atoms with van der Waals surface area (Å²) in [5.41, 5.74) is 2.94. The SMILES string of the molecule is COc1cc(/C=N/NC(=O)COc2ccc(F)cc2)ccc1OC(=O)c1cccs1. The highest BCUT2D eigenvalue weighted by molar-refractivity contribution is 7.12. The average Bonchev–Trinajstić information content (AvgIpc) is 3.29. The van der Waals surface area contributed by atoms with Crippen LogP contribution in [0.3, 0.4) is 0 Å². The molecule has 0 atom stereocenters. The van der Waals surface area contributed by atoms with Gasteiger partial charge in [-0.1, -0.05) is 6.07 Å². The van der Waals surface area contributed by atoms with E-state index in [9.17, 15) is 14.0 Å². The van der Waals surface area contributed by atoms with Crippen LogP contribution in [-0.4, -0.2) is 31.8 Å². The maximum Gasteiger partial charge on any atom is 0.353 e. The lowest BCUT2D eigenvalue weighted by atomic mass is 10.2. The fourth-order valence-electron chi connectivity index (χ4n) is 2.28. The third kappa shape index (κ3) is 5.89. The number of esters is 1. The van der Waals surface area contributed by atoms with Crippen LogP contribution < -0.4 is 19.6 Å². The number of carbonyl (C=O) groups is 2. The van der Waals surface area contributed by atoms with Gasteiger partial charge >= 0.3 is 5.97 Å². The standard InChI is InChI=1S/C21H17FN2O5S/c1-27-18-11-14(4-9-17(18)29-21(26)19-3-2-10-30-19)12-23-24-20(25)13-28-16-7-5-15(22)6-8-16/h2-12H,13H2,1H3,(H,24,25)/b23-12+. The summed E-state index contributed by atoms with van der Waals surface area (Å²) in [7, 11) is 1.45. The van der Waals surface area contributed by atoms with Crippen molar-refractivity contribution < 1.29 is 28.2 Å². The van der Waals surface area contributed by atoms with E-state index in [1.54, 1.807) is 35.7 Å². The van der Waals surface area contributed by atoms with Gasteiger partial charge in [-0.25, -0.2) is 14.6 Å². The van der Waals surface area contributed by atoms with Crippen LogP contribution in [0.2, 0.25) is 0 Å². The highest BCUT2D eigenvalue weighted by Crippen LogP contribution is 2.28. The Labute approximate surface area is 175 Å². The van der Waals surface area contributed by atoms with E-state index in [4.69, 9.17) is 14.2 Å². The minimum atomic E-state index is -0.482. The quantitative estimate of drug-likeness (QED) is 0.256. The van der Waals surface area contributed by atoms with Gasteiger partial charge in [0.15, 0.2) is 18.1 Å². The summed E-state index contributed by atoms with van der Waals surface area (Å²) in [6.45, 7) is -0.274. The van der Waals surface area contributed by atoms with Gasteiger partial charge in [-0.2, -0.15) is 5.10 Å². The molecule has 3 rings (SSSR count). The van der Waals surface area contributed by atoms with Gasteiger partial charge in [0.1, 0.15) is 16.4 Å². The molecule has 7 nitrogen and oxygen atoms in total. The molecule has 154 valence electrons. The largest absolute Gasteiger partial charge is 0.493 e. The van der Waals surface area contributed by atoms with Crippen molar-refractivity contribution in [3.8, 4) is 17.2 Å². The fourth-order valence-corrected chi connectivity index (χ4v) is 2.88. The number of amides is 1. The first-order chi connectivity index (χ1) is 14.5. The van der Waals surface area contributed by atoms with Crippen molar-refractivity contribution in [1.29, 1.82) is 0 Å². The predicted molar refractivity (Wildman–Crippen MR) is 110 cm³/mol. The van der Waals surface area contributed by atoms with E-state index in [0.717, 1.165) is 0 Å². The summed E-state index contributed by atoms with van der Waals surface area (Å²) in [4.78, 5) is 24.3. The number of halogens is 1. The Morgan fingerprint density at radius 3 is 2.63 bits per heavy atom. The van der Waals surface area contributed by atoms with Gasteiger partial charge in [0.05, 0.1) is 13.3 Å². The minimum absolute atomic E-state index is 0.268. The van der Waals surface area contributed by atoms with E-state index < -0.39 is 11.9 Å². The van der Waals surface area contributed by atoms with Crippen molar-refractivity contribution in [2.75, 3.05) is 13.7 Å². The highest BCUT2D eigenvalue weighted by Gasteiger charge is 2.13. The zero-order valence-electron chi connectivity index (χ0n) is 15.8. The Morgan fingerprint density at radius 1 is 1.13 bits per heavy atom. The van der Waals surface area contributed by atoms with Crippen molar-refractivity contribution in [1.82, 2.24) is 5.43 Å². The summed E-state index contributed by atoms with van der Waals surface area (Å²) in [5, 5.41) is 5.63. The molecule has 30 heavy (non-hydrogen) atoms. The van der Waals surface area contributed by atoms with E-state index in [1.165, 1.54) is 48.9 Å². The van der Waals surface area contributed by atoms with E-state index in [0.29, 0.717) is 21.9 Å². The summed E-state index contributed by atoms with van der Waals surface area (Å²) in [6, 6.07) is 13.6. The third-order valence-corrected chi connectivity index (χ3v) is 4.55. The Bertz CT molecular complexity index is 1040. The Kier molecular flexibility index (Phi) is 7.12. The van der Waals surface area contributed by atoms with Gasteiger partial charge < -0.3 is 14.2 Å². The van der Waals surface area contributed by atoms with Gasteiger partial charge in [0.2, 0.25) is 0 Å². The second-order valence-corrected chi connectivity index (χ2v) is 6.76. The second-order valence-electron chi connectivity index (χ2n) is 5.81. The first-order valence-corrected chi connectivity index (χ1v) is 9.57. The highest BCUT2D eigenvalue weighted by atomic mass is 32.1. The maximum atomic E-state index is 12.8. The molecule has 3 aromatic rings. The zero-order chi connectivity index (χ0) is 21.3. The van der Waals surface area contributed by atoms with Crippen LogP contribution in [0.15, 0.2) is 65.1 Å². The lowest BCUT2D eigenvalue weighted by molar-refractivity contribution is -0.123. The Hall–Kier alpha value is -3.72. The molecular formula is C21H17FN2O5S. The molecule has 0 saturated carbocycles. The van der Waals surface area contributed by atoms with Crippen molar-refractivity contribution in [2.24, 2.45) is 5.10 Å². The number of nitrogens with one attached hydrogen (secondary N) is 1. The number of ether oxygens (including phenoxy) is 3. The number of carbonyl (C=O) groups excluding carboxylic acids is 2. The number of hydrogen-bond acceptors (Lipinski definition) is 7. The number of hydrogen-bond donors (Lipinski definition) is 1. The molecule has 1 aromatic heterocycles. The van der Waals surface area contributed by atoms with Crippen LogP contribution in [0.1, 0.15) is 15.2 Å². The topological polar surface area (TPSA) is 86.2 Å². The lowest BCUT2D eigenvalue weighted by Crippen LogP contribution is -2.24. The Balaban J connectivity index is 1.54. The number of hydrazone groups is 1. The molecule has 0 saturated heterocycles. The summed E-state index contributed by atoms with van der Waals surface area (Å²) in [5.74, 6) is -0.367. The molecule has 9 heteroatoms. The molecule has 0 fully saturated rings. The normalized spacial score (nSPS) is 10.6.